The largest absolute Gasteiger partial charge is 0.396 e. The number of rotatable bonds is 5. The lowest BCUT2D eigenvalue weighted by Crippen LogP contribution is -2.39. The summed E-state index contributed by atoms with van der Waals surface area (Å²) in [5.74, 6) is 0. The summed E-state index contributed by atoms with van der Waals surface area (Å²) >= 11 is 0. The van der Waals surface area contributed by atoms with E-state index in [0.29, 0.717) is 25.0 Å². The maximum absolute atomic E-state index is 8.69. The fraction of sp³-hybridized carbons (Fsp3) is 1.00. The molecule has 3 N–H and O–H groups in total. The zero-order chi connectivity index (χ0) is 10.7. The van der Waals surface area contributed by atoms with Crippen LogP contribution in [0.15, 0.2) is 0 Å². The highest BCUT2D eigenvalue weighted by Crippen LogP contribution is 2.45. The summed E-state index contributed by atoms with van der Waals surface area (Å²) in [6.07, 6.45) is 4.00. The number of aliphatic hydroxyl groups excluding tert-OH is 1. The zero-order valence-electron chi connectivity index (χ0n) is 9.38. The van der Waals surface area contributed by atoms with E-state index in [1.165, 1.54) is 6.42 Å². The van der Waals surface area contributed by atoms with Gasteiger partial charge in [-0.25, -0.2) is 0 Å². The van der Waals surface area contributed by atoms with Crippen molar-refractivity contribution < 1.29 is 9.84 Å². The molecule has 0 saturated heterocycles. The van der Waals surface area contributed by atoms with Gasteiger partial charge in [-0.2, -0.15) is 0 Å². The summed E-state index contributed by atoms with van der Waals surface area (Å²) < 4.78 is 5.83. The third kappa shape index (κ3) is 2.94. The fourth-order valence-corrected chi connectivity index (χ4v) is 2.32. The first-order valence-corrected chi connectivity index (χ1v) is 5.49. The van der Waals surface area contributed by atoms with Crippen molar-refractivity contribution in [1.82, 2.24) is 0 Å². The van der Waals surface area contributed by atoms with Crippen LogP contribution in [0.1, 0.15) is 39.5 Å². The number of ether oxygens (including phenoxy) is 1. The Kier molecular flexibility index (Phi) is 3.93. The smallest absolute Gasteiger partial charge is 0.0809 e. The van der Waals surface area contributed by atoms with Crippen LogP contribution in [0.5, 0.6) is 0 Å². The molecule has 1 atom stereocenters. The van der Waals surface area contributed by atoms with E-state index >= 15 is 0 Å². The topological polar surface area (TPSA) is 55.5 Å². The molecule has 1 saturated carbocycles. The van der Waals surface area contributed by atoms with Crippen LogP contribution in [0, 0.1) is 5.41 Å². The quantitative estimate of drug-likeness (QED) is 0.659. The highest BCUT2D eigenvalue weighted by Gasteiger charge is 2.42. The third-order valence-corrected chi connectivity index (χ3v) is 3.14. The van der Waals surface area contributed by atoms with Crippen LogP contribution in [-0.2, 0) is 4.74 Å². The molecule has 0 spiro atoms. The van der Waals surface area contributed by atoms with Gasteiger partial charge in [0.25, 0.3) is 0 Å². The lowest BCUT2D eigenvalue weighted by Gasteiger charge is -2.29. The summed E-state index contributed by atoms with van der Waals surface area (Å²) in [6.45, 7) is 5.95. The van der Waals surface area contributed by atoms with Crippen LogP contribution in [0.3, 0.4) is 0 Å². The van der Waals surface area contributed by atoms with Crippen LogP contribution in [0.2, 0.25) is 0 Å². The van der Waals surface area contributed by atoms with Crippen molar-refractivity contribution in [3.63, 3.8) is 0 Å². The normalized spacial score (nSPS) is 30.9. The summed E-state index contributed by atoms with van der Waals surface area (Å²) in [5, 5.41) is 8.69. The van der Waals surface area contributed by atoms with E-state index in [4.69, 9.17) is 15.6 Å². The minimum absolute atomic E-state index is 0.112. The molecule has 14 heavy (non-hydrogen) atoms. The van der Waals surface area contributed by atoms with Gasteiger partial charge in [-0.05, 0) is 31.1 Å². The van der Waals surface area contributed by atoms with Gasteiger partial charge in [0, 0.05) is 19.8 Å². The fourth-order valence-electron chi connectivity index (χ4n) is 2.32. The van der Waals surface area contributed by atoms with E-state index in [2.05, 4.69) is 13.8 Å². The molecule has 1 unspecified atom stereocenters. The number of hydrogen-bond donors (Lipinski definition) is 2. The van der Waals surface area contributed by atoms with Gasteiger partial charge in [-0.3, -0.25) is 0 Å². The van der Waals surface area contributed by atoms with E-state index in [1.807, 2.05) is 0 Å². The second-order valence-electron chi connectivity index (χ2n) is 5.15. The molecule has 0 bridgehead atoms. The van der Waals surface area contributed by atoms with Crippen molar-refractivity contribution in [2.75, 3.05) is 19.8 Å². The minimum atomic E-state index is -0.112. The Hall–Kier alpha value is -0.120. The molecule has 1 aliphatic carbocycles. The zero-order valence-corrected chi connectivity index (χ0v) is 9.38. The third-order valence-electron chi connectivity index (χ3n) is 3.14. The maximum atomic E-state index is 8.69. The standard InChI is InChI=1S/C11H23NO2/c1-10(2)4-5-11(8-10,9-12)14-7-3-6-13/h13H,3-9,12H2,1-2H3. The van der Waals surface area contributed by atoms with Gasteiger partial charge in [0.1, 0.15) is 0 Å². The first kappa shape index (κ1) is 12.0. The monoisotopic (exact) mass is 201 g/mol. The molecule has 1 fully saturated rings. The van der Waals surface area contributed by atoms with Crippen LogP contribution in [0.25, 0.3) is 0 Å². The van der Waals surface area contributed by atoms with Crippen LogP contribution < -0.4 is 5.73 Å². The van der Waals surface area contributed by atoms with Crippen LogP contribution in [0.4, 0.5) is 0 Å². The molecule has 0 aromatic heterocycles. The second-order valence-corrected chi connectivity index (χ2v) is 5.15. The molecule has 84 valence electrons. The highest BCUT2D eigenvalue weighted by molar-refractivity contribution is 4.96. The molecule has 3 nitrogen and oxygen atoms in total. The van der Waals surface area contributed by atoms with Gasteiger partial charge < -0.3 is 15.6 Å². The first-order valence-electron chi connectivity index (χ1n) is 5.49. The van der Waals surface area contributed by atoms with Gasteiger partial charge in [0.05, 0.1) is 5.60 Å². The van der Waals surface area contributed by atoms with E-state index in [0.717, 1.165) is 12.8 Å². The highest BCUT2D eigenvalue weighted by atomic mass is 16.5. The van der Waals surface area contributed by atoms with Crippen molar-refractivity contribution in [2.45, 2.75) is 45.1 Å². The van der Waals surface area contributed by atoms with Gasteiger partial charge in [-0.15, -0.1) is 0 Å². The van der Waals surface area contributed by atoms with E-state index < -0.39 is 0 Å². The van der Waals surface area contributed by atoms with Crippen molar-refractivity contribution >= 4 is 0 Å². The number of hydrogen-bond acceptors (Lipinski definition) is 3. The summed E-state index contributed by atoms with van der Waals surface area (Å²) in [6, 6.07) is 0. The molecule has 3 heteroatoms. The predicted octanol–water partition coefficient (Wildman–Crippen LogP) is 1.29. The van der Waals surface area contributed by atoms with E-state index in [1.54, 1.807) is 0 Å². The Morgan fingerprint density at radius 3 is 2.50 bits per heavy atom. The van der Waals surface area contributed by atoms with Crippen molar-refractivity contribution in [2.24, 2.45) is 11.1 Å². The Bertz CT molecular complexity index is 182. The van der Waals surface area contributed by atoms with Crippen molar-refractivity contribution in [3.05, 3.63) is 0 Å². The second kappa shape index (κ2) is 4.60. The molecule has 0 aromatic carbocycles. The summed E-state index contributed by atoms with van der Waals surface area (Å²) in [5.41, 5.74) is 6.03. The average Bonchev–Trinajstić information content (AvgIpc) is 2.44. The number of nitrogens with two attached hydrogens (primary N) is 1. The Labute approximate surface area is 86.6 Å². The molecule has 0 aromatic rings. The lowest BCUT2D eigenvalue weighted by atomic mass is 9.89. The van der Waals surface area contributed by atoms with Crippen molar-refractivity contribution in [3.8, 4) is 0 Å². The summed E-state index contributed by atoms with van der Waals surface area (Å²) in [7, 11) is 0. The molecule has 1 rings (SSSR count). The molecule has 0 amide bonds. The number of aliphatic hydroxyl groups is 1. The van der Waals surface area contributed by atoms with E-state index in [9.17, 15) is 0 Å². The Morgan fingerprint density at radius 1 is 1.36 bits per heavy atom. The Morgan fingerprint density at radius 2 is 2.07 bits per heavy atom. The average molecular weight is 201 g/mol. The van der Waals surface area contributed by atoms with Crippen LogP contribution in [-0.4, -0.2) is 30.5 Å². The first-order chi connectivity index (χ1) is 6.54. The summed E-state index contributed by atoms with van der Waals surface area (Å²) in [4.78, 5) is 0. The van der Waals surface area contributed by atoms with Gasteiger partial charge >= 0.3 is 0 Å². The lowest BCUT2D eigenvalue weighted by molar-refractivity contribution is -0.0441. The maximum Gasteiger partial charge on any atom is 0.0809 e. The molecule has 0 aliphatic heterocycles. The van der Waals surface area contributed by atoms with Gasteiger partial charge in [0.15, 0.2) is 0 Å². The van der Waals surface area contributed by atoms with Gasteiger partial charge in [0.2, 0.25) is 0 Å². The predicted molar refractivity (Wildman–Crippen MR) is 57.1 cm³/mol. The molecular formula is C11H23NO2. The van der Waals surface area contributed by atoms with E-state index in [-0.39, 0.29) is 12.2 Å². The molecule has 0 heterocycles. The molecule has 1 aliphatic rings. The Balaban J connectivity index is 2.44. The molecular weight excluding hydrogens is 178 g/mol. The van der Waals surface area contributed by atoms with Gasteiger partial charge in [-0.1, -0.05) is 13.8 Å². The minimum Gasteiger partial charge on any atom is -0.396 e. The SMILES string of the molecule is CC1(C)CCC(CN)(OCCCO)C1. The van der Waals surface area contributed by atoms with Crippen LogP contribution >= 0.6 is 0 Å². The molecule has 0 radical (unpaired) electrons. The van der Waals surface area contributed by atoms with Crippen molar-refractivity contribution in [1.29, 1.82) is 0 Å².